The van der Waals surface area contributed by atoms with E-state index in [9.17, 15) is 18.3 Å². The second kappa shape index (κ2) is 6.68. The largest absolute Gasteiger partial charge is 0.486 e. The van der Waals surface area contributed by atoms with Crippen molar-refractivity contribution >= 4 is 27.0 Å². The molecule has 1 saturated carbocycles. The second-order valence-electron chi connectivity index (χ2n) is 6.50. The van der Waals surface area contributed by atoms with Crippen molar-refractivity contribution in [3.63, 3.8) is 0 Å². The van der Waals surface area contributed by atoms with Gasteiger partial charge in [-0.2, -0.15) is 8.42 Å². The Morgan fingerprint density at radius 2 is 2.12 bits per heavy atom. The first kappa shape index (κ1) is 17.8. The number of nitrogens with zero attached hydrogens (tertiary/aromatic N) is 1. The summed E-state index contributed by atoms with van der Waals surface area (Å²) in [7, 11) is -3.54. The summed E-state index contributed by atoms with van der Waals surface area (Å²) in [5.41, 5.74) is 0.955. The van der Waals surface area contributed by atoms with Crippen molar-refractivity contribution in [2.45, 2.75) is 32.4 Å². The maximum atomic E-state index is 11.6. The van der Waals surface area contributed by atoms with Gasteiger partial charge in [0, 0.05) is 11.9 Å². The van der Waals surface area contributed by atoms with E-state index < -0.39 is 22.2 Å². The molecule has 0 aliphatic heterocycles. The van der Waals surface area contributed by atoms with Gasteiger partial charge in [-0.05, 0) is 37.8 Å². The first-order valence-corrected chi connectivity index (χ1v) is 9.93. The van der Waals surface area contributed by atoms with Gasteiger partial charge in [0.2, 0.25) is 0 Å². The van der Waals surface area contributed by atoms with Gasteiger partial charge in [0.25, 0.3) is 10.1 Å². The molecule has 8 heteroatoms. The van der Waals surface area contributed by atoms with E-state index in [2.05, 4.69) is 0 Å². The van der Waals surface area contributed by atoms with Crippen LogP contribution in [0.4, 0.5) is 0 Å². The third kappa shape index (κ3) is 4.32. The van der Waals surface area contributed by atoms with E-state index in [0.29, 0.717) is 18.2 Å². The molecule has 1 aliphatic carbocycles. The van der Waals surface area contributed by atoms with Crippen LogP contribution in [0.3, 0.4) is 0 Å². The number of ether oxygens (including phenoxy) is 1. The van der Waals surface area contributed by atoms with E-state index in [0.717, 1.165) is 30.0 Å². The summed E-state index contributed by atoms with van der Waals surface area (Å²) in [6.45, 7) is 2.24. The Balaban J connectivity index is 1.93. The third-order valence-electron chi connectivity index (χ3n) is 4.08. The molecule has 7 nitrogen and oxygen atoms in total. The number of hydrogen-bond donors (Lipinski definition) is 1. The van der Waals surface area contributed by atoms with Gasteiger partial charge >= 0.3 is 5.97 Å². The van der Waals surface area contributed by atoms with Crippen molar-refractivity contribution < 1.29 is 27.2 Å². The molecule has 136 valence electrons. The maximum absolute atomic E-state index is 11.6. The van der Waals surface area contributed by atoms with Crippen molar-refractivity contribution in [1.82, 2.24) is 4.57 Å². The highest BCUT2D eigenvalue weighted by Crippen LogP contribution is 2.36. The van der Waals surface area contributed by atoms with E-state index in [1.54, 1.807) is 29.7 Å². The van der Waals surface area contributed by atoms with Crippen LogP contribution in [0, 0.1) is 5.92 Å². The molecule has 1 atom stereocenters. The summed E-state index contributed by atoms with van der Waals surface area (Å²) >= 11 is 0. The lowest BCUT2D eigenvalue weighted by Crippen LogP contribution is -2.21. The third-order valence-corrected chi connectivity index (χ3v) is 4.65. The van der Waals surface area contributed by atoms with Gasteiger partial charge in [-0.1, -0.05) is 12.1 Å². The Labute approximate surface area is 146 Å². The van der Waals surface area contributed by atoms with Gasteiger partial charge in [-0.25, -0.2) is 4.79 Å². The van der Waals surface area contributed by atoms with E-state index in [1.165, 1.54) is 0 Å². The molecule has 0 spiro atoms. The van der Waals surface area contributed by atoms with Crippen LogP contribution < -0.4 is 4.74 Å². The van der Waals surface area contributed by atoms with E-state index in [-0.39, 0.29) is 12.3 Å². The highest BCUT2D eigenvalue weighted by Gasteiger charge is 2.26. The fraction of sp³-hybridized carbons (Fsp3) is 0.471. The van der Waals surface area contributed by atoms with Crippen molar-refractivity contribution in [3.05, 3.63) is 30.0 Å². The average molecular weight is 367 g/mol. The molecule has 1 fully saturated rings. The van der Waals surface area contributed by atoms with Gasteiger partial charge in [-0.3, -0.25) is 4.18 Å². The molecule has 1 N–H and O–H groups in total. The van der Waals surface area contributed by atoms with Crippen molar-refractivity contribution in [2.24, 2.45) is 5.92 Å². The normalized spacial score (nSPS) is 16.1. The molecule has 25 heavy (non-hydrogen) atoms. The average Bonchev–Trinajstić information content (AvgIpc) is 3.24. The van der Waals surface area contributed by atoms with Crippen LogP contribution in [-0.2, 0) is 20.8 Å². The molecular weight excluding hydrogens is 346 g/mol. The zero-order chi connectivity index (χ0) is 18.2. The standard InChI is InChI=1S/C17H21NO6S/c1-11(10-23-25(2,21)22)24-15-5-3-4-13-8-14(17(19)20)18(16(13)15)9-12-6-7-12/h3-5,8,11-12H,6-7,9-10H2,1-2H3,(H,19,20). The van der Waals surface area contributed by atoms with Gasteiger partial charge < -0.3 is 14.4 Å². The SMILES string of the molecule is CC(COS(C)(=O)=O)Oc1cccc2cc(C(=O)O)n(CC3CC3)c12. The molecule has 1 heterocycles. The molecule has 2 aromatic rings. The van der Waals surface area contributed by atoms with Gasteiger partial charge in [-0.15, -0.1) is 0 Å². The quantitative estimate of drug-likeness (QED) is 0.720. The van der Waals surface area contributed by atoms with E-state index in [1.807, 2.05) is 6.07 Å². The van der Waals surface area contributed by atoms with Crippen LogP contribution >= 0.6 is 0 Å². The van der Waals surface area contributed by atoms with Gasteiger partial charge in [0.05, 0.1) is 11.8 Å². The summed E-state index contributed by atoms with van der Waals surface area (Å²) in [5, 5.41) is 10.3. The second-order valence-corrected chi connectivity index (χ2v) is 8.14. The Bertz CT molecular complexity index is 897. The van der Waals surface area contributed by atoms with Crippen LogP contribution in [0.1, 0.15) is 30.3 Å². The summed E-state index contributed by atoms with van der Waals surface area (Å²) in [6.07, 6.45) is 2.68. The predicted octanol–water partition coefficient (Wildman–Crippen LogP) is 2.49. The number of rotatable bonds is 8. The number of aromatic carboxylic acids is 1. The molecule has 0 radical (unpaired) electrons. The Morgan fingerprint density at radius 1 is 1.40 bits per heavy atom. The highest BCUT2D eigenvalue weighted by atomic mass is 32.2. The fourth-order valence-electron chi connectivity index (χ4n) is 2.78. The number of carboxylic acid groups (broad SMARTS) is 1. The Hall–Kier alpha value is -2.06. The van der Waals surface area contributed by atoms with Crippen molar-refractivity contribution in [1.29, 1.82) is 0 Å². The number of benzene rings is 1. The minimum Gasteiger partial charge on any atom is -0.486 e. The van der Waals surface area contributed by atoms with Crippen LogP contribution in [-0.4, -0.2) is 43.0 Å². The van der Waals surface area contributed by atoms with Crippen LogP contribution in [0.15, 0.2) is 24.3 Å². The monoisotopic (exact) mass is 367 g/mol. The number of para-hydroxylation sites is 1. The van der Waals surface area contributed by atoms with Crippen LogP contribution in [0.2, 0.25) is 0 Å². The number of hydrogen-bond acceptors (Lipinski definition) is 5. The summed E-state index contributed by atoms with van der Waals surface area (Å²) in [4.78, 5) is 11.6. The molecule has 1 aliphatic rings. The molecule has 1 aromatic carbocycles. The van der Waals surface area contributed by atoms with Gasteiger partial charge in [0.15, 0.2) is 0 Å². The molecule has 0 bridgehead atoms. The number of fused-ring (bicyclic) bond motifs is 1. The number of carbonyl (C=O) groups is 1. The first-order valence-electron chi connectivity index (χ1n) is 8.11. The molecular formula is C17H21NO6S. The maximum Gasteiger partial charge on any atom is 0.352 e. The lowest BCUT2D eigenvalue weighted by atomic mass is 10.2. The highest BCUT2D eigenvalue weighted by molar-refractivity contribution is 7.85. The van der Waals surface area contributed by atoms with Crippen LogP contribution in [0.25, 0.3) is 10.9 Å². The number of carboxylic acids is 1. The molecule has 0 amide bonds. The van der Waals surface area contributed by atoms with E-state index in [4.69, 9.17) is 8.92 Å². The minimum absolute atomic E-state index is 0.107. The summed E-state index contributed by atoms with van der Waals surface area (Å²) < 4.78 is 34.6. The zero-order valence-corrected chi connectivity index (χ0v) is 15.0. The smallest absolute Gasteiger partial charge is 0.352 e. The molecule has 0 saturated heterocycles. The van der Waals surface area contributed by atoms with Crippen LogP contribution in [0.5, 0.6) is 5.75 Å². The minimum atomic E-state index is -3.54. The number of aromatic nitrogens is 1. The fourth-order valence-corrected chi connectivity index (χ4v) is 3.22. The first-order chi connectivity index (χ1) is 11.7. The molecule has 3 rings (SSSR count). The lowest BCUT2D eigenvalue weighted by molar-refractivity contribution is 0.0685. The van der Waals surface area contributed by atoms with Gasteiger partial charge in [0.1, 0.15) is 24.2 Å². The lowest BCUT2D eigenvalue weighted by Gasteiger charge is -2.17. The zero-order valence-electron chi connectivity index (χ0n) is 14.1. The topological polar surface area (TPSA) is 94.8 Å². The molecule has 1 unspecified atom stereocenters. The summed E-state index contributed by atoms with van der Waals surface area (Å²) in [6, 6.07) is 7.03. The Morgan fingerprint density at radius 3 is 2.72 bits per heavy atom. The van der Waals surface area contributed by atoms with Crippen molar-refractivity contribution in [2.75, 3.05) is 12.9 Å². The summed E-state index contributed by atoms with van der Waals surface area (Å²) in [5.74, 6) is 0.0410. The van der Waals surface area contributed by atoms with Crippen molar-refractivity contribution in [3.8, 4) is 5.75 Å². The Kier molecular flexibility index (Phi) is 4.75. The predicted molar refractivity (Wildman–Crippen MR) is 92.5 cm³/mol. The van der Waals surface area contributed by atoms with E-state index >= 15 is 0 Å². The molecule has 1 aromatic heterocycles.